The van der Waals surface area contributed by atoms with Crippen LogP contribution in [0.2, 0.25) is 0 Å². The van der Waals surface area contributed by atoms with Crippen molar-refractivity contribution >= 4 is 21.8 Å². The molecule has 4 rings (SSSR count). The number of rotatable bonds is 0. The first kappa shape index (κ1) is 11.2. The molecule has 0 aliphatic rings. The largest absolute Gasteiger partial charge is 0.279 e. The molecule has 0 fully saturated rings. The van der Waals surface area contributed by atoms with Crippen LogP contribution in [0.4, 0.5) is 0 Å². The minimum absolute atomic E-state index is 0.141. The second-order valence-electron chi connectivity index (χ2n) is 5.28. The lowest BCUT2D eigenvalue weighted by molar-refractivity contribution is 0.850. The van der Waals surface area contributed by atoms with Crippen LogP contribution in [0.5, 0.6) is 0 Å². The molecular weight excluding hydrogens is 252 g/mol. The third-order valence-corrected chi connectivity index (χ3v) is 3.81. The van der Waals surface area contributed by atoms with Gasteiger partial charge in [0.15, 0.2) is 0 Å². The maximum absolute atomic E-state index is 12.5. The fourth-order valence-corrected chi connectivity index (χ4v) is 2.84. The highest BCUT2D eigenvalue weighted by atomic mass is 16.2. The Labute approximate surface area is 113 Å². The molecular formula is C16H12N2O2. The van der Waals surface area contributed by atoms with Crippen LogP contribution in [0.15, 0.2) is 46.0 Å². The quantitative estimate of drug-likeness (QED) is 0.488. The summed E-state index contributed by atoms with van der Waals surface area (Å²) in [7, 11) is 0. The normalized spacial score (nSPS) is 11.9. The maximum Gasteiger partial charge on any atom is 0.279 e. The number of aryl methyl sites for hydroxylation is 2. The van der Waals surface area contributed by atoms with Gasteiger partial charge in [-0.2, -0.15) is 0 Å². The Morgan fingerprint density at radius 3 is 1.50 bits per heavy atom. The number of hydrogen-bond acceptors (Lipinski definition) is 2. The predicted octanol–water partition coefficient (Wildman–Crippen LogP) is 2.12. The van der Waals surface area contributed by atoms with E-state index in [1.54, 1.807) is 12.1 Å². The van der Waals surface area contributed by atoms with E-state index in [0.29, 0.717) is 21.8 Å². The van der Waals surface area contributed by atoms with Crippen LogP contribution in [0.3, 0.4) is 0 Å². The summed E-state index contributed by atoms with van der Waals surface area (Å²) in [6.07, 6.45) is 0. The van der Waals surface area contributed by atoms with Crippen molar-refractivity contribution in [3.8, 4) is 0 Å². The third kappa shape index (κ3) is 1.20. The molecule has 20 heavy (non-hydrogen) atoms. The highest BCUT2D eigenvalue weighted by Gasteiger charge is 2.16. The van der Waals surface area contributed by atoms with E-state index in [4.69, 9.17) is 0 Å². The van der Waals surface area contributed by atoms with Gasteiger partial charge >= 0.3 is 0 Å². The molecule has 0 N–H and O–H groups in total. The van der Waals surface area contributed by atoms with Gasteiger partial charge in [-0.3, -0.25) is 9.59 Å². The lowest BCUT2D eigenvalue weighted by Gasteiger charge is -1.92. The van der Waals surface area contributed by atoms with Crippen molar-refractivity contribution in [2.24, 2.45) is 0 Å². The highest BCUT2D eigenvalue weighted by molar-refractivity contribution is 5.86. The molecule has 98 valence electrons. The molecule has 0 unspecified atom stereocenters. The van der Waals surface area contributed by atoms with Gasteiger partial charge in [-0.05, 0) is 49.2 Å². The zero-order valence-electron chi connectivity index (χ0n) is 11.2. The van der Waals surface area contributed by atoms with Gasteiger partial charge in [0, 0.05) is 0 Å². The van der Waals surface area contributed by atoms with Crippen molar-refractivity contribution in [2.75, 3.05) is 0 Å². The smallest absolute Gasteiger partial charge is 0.267 e. The minimum atomic E-state index is -0.141. The van der Waals surface area contributed by atoms with Crippen LogP contribution in [-0.4, -0.2) is 9.03 Å². The molecule has 0 radical (unpaired) electrons. The van der Waals surface area contributed by atoms with Crippen LogP contribution >= 0.6 is 0 Å². The number of fused-ring (bicyclic) bond motifs is 5. The van der Waals surface area contributed by atoms with Crippen molar-refractivity contribution in [1.29, 1.82) is 0 Å². The first-order chi connectivity index (χ1) is 9.58. The lowest BCUT2D eigenvalue weighted by atomic mass is 10.1. The number of benzene rings is 2. The zero-order chi connectivity index (χ0) is 14.0. The van der Waals surface area contributed by atoms with E-state index in [1.165, 1.54) is 9.03 Å². The average Bonchev–Trinajstić information content (AvgIpc) is 2.85. The van der Waals surface area contributed by atoms with Gasteiger partial charge in [0.2, 0.25) is 0 Å². The van der Waals surface area contributed by atoms with Crippen molar-refractivity contribution < 1.29 is 0 Å². The topological polar surface area (TPSA) is 43.0 Å². The van der Waals surface area contributed by atoms with Crippen molar-refractivity contribution in [3.63, 3.8) is 0 Å². The molecule has 0 saturated heterocycles. The summed E-state index contributed by atoms with van der Waals surface area (Å²) in [4.78, 5) is 25.1. The van der Waals surface area contributed by atoms with Gasteiger partial charge in [-0.15, -0.1) is 0 Å². The lowest BCUT2D eigenvalue weighted by Crippen LogP contribution is -2.13. The van der Waals surface area contributed by atoms with Crippen LogP contribution in [0.1, 0.15) is 11.1 Å². The first-order valence-electron chi connectivity index (χ1n) is 6.48. The predicted molar refractivity (Wildman–Crippen MR) is 79.1 cm³/mol. The fourth-order valence-electron chi connectivity index (χ4n) is 2.84. The Bertz CT molecular complexity index is 1010. The molecule has 4 heteroatoms. The van der Waals surface area contributed by atoms with Crippen molar-refractivity contribution in [3.05, 3.63) is 68.2 Å². The Morgan fingerprint density at radius 2 is 1.10 bits per heavy atom. The van der Waals surface area contributed by atoms with E-state index in [9.17, 15) is 9.59 Å². The number of aromatic nitrogens is 2. The average molecular weight is 264 g/mol. The Kier molecular flexibility index (Phi) is 1.95. The highest BCUT2D eigenvalue weighted by Crippen LogP contribution is 2.17. The second-order valence-corrected chi connectivity index (χ2v) is 5.28. The maximum atomic E-state index is 12.5. The van der Waals surface area contributed by atoms with Gasteiger partial charge in [-0.1, -0.05) is 12.1 Å². The van der Waals surface area contributed by atoms with Crippen LogP contribution < -0.4 is 11.1 Å². The minimum Gasteiger partial charge on any atom is -0.267 e. The van der Waals surface area contributed by atoms with Crippen LogP contribution in [-0.2, 0) is 0 Å². The van der Waals surface area contributed by atoms with Crippen LogP contribution in [0.25, 0.3) is 21.8 Å². The fraction of sp³-hybridized carbons (Fsp3) is 0.125. The monoisotopic (exact) mass is 264 g/mol. The van der Waals surface area contributed by atoms with Gasteiger partial charge in [0.1, 0.15) is 0 Å². The standard InChI is InChI=1S/C16H12N2O2/c1-9-3-5-11-13(7-9)17-16(20)12-6-4-10(2)8-14(12)18(17)15(11)19/h3-8H,1-2H3. The number of nitrogens with zero attached hydrogens (tertiary/aromatic N) is 2. The summed E-state index contributed by atoms with van der Waals surface area (Å²) >= 11 is 0. The molecule has 2 heterocycles. The van der Waals surface area contributed by atoms with Crippen molar-refractivity contribution in [2.45, 2.75) is 13.8 Å². The molecule has 0 amide bonds. The van der Waals surface area contributed by atoms with Crippen LogP contribution in [0, 0.1) is 13.8 Å². The van der Waals surface area contributed by atoms with Gasteiger partial charge in [0.05, 0.1) is 21.8 Å². The van der Waals surface area contributed by atoms with E-state index < -0.39 is 0 Å². The van der Waals surface area contributed by atoms with E-state index in [-0.39, 0.29) is 11.1 Å². The Hall–Kier alpha value is -2.62. The molecule has 4 aromatic rings. The van der Waals surface area contributed by atoms with E-state index >= 15 is 0 Å². The van der Waals surface area contributed by atoms with Crippen molar-refractivity contribution in [1.82, 2.24) is 9.03 Å². The zero-order valence-corrected chi connectivity index (χ0v) is 11.2. The molecule has 0 aliphatic heterocycles. The van der Waals surface area contributed by atoms with E-state index in [0.717, 1.165) is 11.1 Å². The molecule has 0 atom stereocenters. The van der Waals surface area contributed by atoms with Gasteiger partial charge in [0.25, 0.3) is 11.1 Å². The SMILES string of the molecule is Cc1ccc2c(=O)n3c4cc(C)ccc4c(=O)n3c2c1. The van der Waals surface area contributed by atoms with Gasteiger partial charge in [-0.25, -0.2) is 9.03 Å². The summed E-state index contributed by atoms with van der Waals surface area (Å²) in [5.41, 5.74) is 3.12. The summed E-state index contributed by atoms with van der Waals surface area (Å²) in [6.45, 7) is 3.90. The molecule has 2 aromatic carbocycles. The number of hydrogen-bond donors (Lipinski definition) is 0. The summed E-state index contributed by atoms with van der Waals surface area (Å²) in [6, 6.07) is 11.1. The Morgan fingerprint density at radius 1 is 0.700 bits per heavy atom. The van der Waals surface area contributed by atoms with Gasteiger partial charge < -0.3 is 0 Å². The third-order valence-electron chi connectivity index (χ3n) is 3.81. The molecule has 2 aromatic heterocycles. The molecule has 0 bridgehead atoms. The molecule has 0 saturated carbocycles. The molecule has 0 spiro atoms. The summed E-state index contributed by atoms with van der Waals surface area (Å²) in [5.74, 6) is 0. The van der Waals surface area contributed by atoms with E-state index in [1.807, 2.05) is 38.1 Å². The summed E-state index contributed by atoms with van der Waals surface area (Å²) in [5, 5.41) is 1.16. The molecule has 4 nitrogen and oxygen atoms in total. The Balaban J connectivity index is 2.45. The van der Waals surface area contributed by atoms with E-state index in [2.05, 4.69) is 0 Å². The molecule has 0 aliphatic carbocycles. The summed E-state index contributed by atoms with van der Waals surface area (Å²) < 4.78 is 2.96. The second kappa shape index (κ2) is 3.48. The first-order valence-corrected chi connectivity index (χ1v) is 6.48.